The smallest absolute Gasteiger partial charge is 0.124 e. The van der Waals surface area contributed by atoms with E-state index >= 15 is 0 Å². The summed E-state index contributed by atoms with van der Waals surface area (Å²) in [5.41, 5.74) is 7.38. The molecule has 1 aromatic rings. The second kappa shape index (κ2) is 6.82. The third kappa shape index (κ3) is 3.42. The van der Waals surface area contributed by atoms with Gasteiger partial charge in [-0.05, 0) is 25.0 Å². The van der Waals surface area contributed by atoms with Crippen LogP contribution in [-0.4, -0.2) is 34.3 Å². The van der Waals surface area contributed by atoms with Gasteiger partial charge in [0.2, 0.25) is 0 Å². The predicted octanol–water partition coefficient (Wildman–Crippen LogP) is 1.85. The first-order valence-corrected chi connectivity index (χ1v) is 7.27. The molecular weight excluding hydrogens is 258 g/mol. The SMILES string of the molecule is NC(=S)c1ncccc1N(CCO)C1CCCCC1. The number of aromatic nitrogens is 1. The van der Waals surface area contributed by atoms with E-state index in [4.69, 9.17) is 18.0 Å². The molecule has 0 atom stereocenters. The van der Waals surface area contributed by atoms with E-state index in [2.05, 4.69) is 9.88 Å². The standard InChI is InChI=1S/C14H21N3OS/c15-14(19)13-12(7-4-8-16-13)17(9-10-18)11-5-2-1-3-6-11/h4,7-8,11,18H,1-3,5-6,9-10H2,(H2,15,19). The molecule has 3 N–H and O–H groups in total. The Morgan fingerprint density at radius 3 is 2.79 bits per heavy atom. The number of nitrogens with two attached hydrogens (primary N) is 1. The Kier molecular flexibility index (Phi) is 5.10. The van der Waals surface area contributed by atoms with E-state index in [1.54, 1.807) is 6.20 Å². The molecule has 0 amide bonds. The van der Waals surface area contributed by atoms with Crippen molar-refractivity contribution in [2.24, 2.45) is 5.73 Å². The zero-order valence-corrected chi connectivity index (χ0v) is 11.9. The first-order chi connectivity index (χ1) is 9.24. The molecule has 0 radical (unpaired) electrons. The zero-order valence-electron chi connectivity index (χ0n) is 11.1. The van der Waals surface area contributed by atoms with Crippen LogP contribution in [0, 0.1) is 0 Å². The topological polar surface area (TPSA) is 62.4 Å². The molecule has 0 bridgehead atoms. The second-order valence-electron chi connectivity index (χ2n) is 4.94. The minimum Gasteiger partial charge on any atom is -0.395 e. The van der Waals surface area contributed by atoms with Crippen LogP contribution in [0.4, 0.5) is 5.69 Å². The fraction of sp³-hybridized carbons (Fsp3) is 0.571. The van der Waals surface area contributed by atoms with Crippen LogP contribution >= 0.6 is 12.2 Å². The molecule has 1 aliphatic rings. The number of hydrogen-bond acceptors (Lipinski definition) is 4. The molecule has 0 aliphatic heterocycles. The Bertz CT molecular complexity index is 432. The molecule has 1 heterocycles. The van der Waals surface area contributed by atoms with E-state index in [0.717, 1.165) is 18.5 Å². The second-order valence-corrected chi connectivity index (χ2v) is 5.38. The maximum atomic E-state index is 9.33. The highest BCUT2D eigenvalue weighted by Gasteiger charge is 2.23. The lowest BCUT2D eigenvalue weighted by atomic mass is 9.93. The largest absolute Gasteiger partial charge is 0.395 e. The Morgan fingerprint density at radius 2 is 2.16 bits per heavy atom. The quantitative estimate of drug-likeness (QED) is 0.805. The fourth-order valence-corrected chi connectivity index (χ4v) is 2.98. The summed E-state index contributed by atoms with van der Waals surface area (Å²) in [5, 5.41) is 9.33. The van der Waals surface area contributed by atoms with Crippen LogP contribution in [0.3, 0.4) is 0 Å². The lowest BCUT2D eigenvalue weighted by molar-refractivity contribution is 0.290. The van der Waals surface area contributed by atoms with Crippen LogP contribution < -0.4 is 10.6 Å². The Morgan fingerprint density at radius 1 is 1.42 bits per heavy atom. The van der Waals surface area contributed by atoms with E-state index in [-0.39, 0.29) is 6.61 Å². The molecule has 19 heavy (non-hydrogen) atoms. The zero-order chi connectivity index (χ0) is 13.7. The summed E-state index contributed by atoms with van der Waals surface area (Å²) in [5.74, 6) is 0. The number of nitrogens with zero attached hydrogens (tertiary/aromatic N) is 2. The summed E-state index contributed by atoms with van der Waals surface area (Å²) in [7, 11) is 0. The van der Waals surface area contributed by atoms with Crippen molar-refractivity contribution in [1.82, 2.24) is 4.98 Å². The number of aliphatic hydroxyl groups is 1. The summed E-state index contributed by atoms with van der Waals surface area (Å²) >= 11 is 5.08. The number of aliphatic hydroxyl groups excluding tert-OH is 1. The lowest BCUT2D eigenvalue weighted by Crippen LogP contribution is -2.40. The minimum atomic E-state index is 0.127. The van der Waals surface area contributed by atoms with Gasteiger partial charge in [0.1, 0.15) is 10.7 Å². The third-order valence-corrected chi connectivity index (χ3v) is 3.88. The van der Waals surface area contributed by atoms with Crippen molar-refractivity contribution >= 4 is 22.9 Å². The molecule has 1 aromatic heterocycles. The van der Waals surface area contributed by atoms with Crippen molar-refractivity contribution in [1.29, 1.82) is 0 Å². The van der Waals surface area contributed by atoms with Gasteiger partial charge in [0.25, 0.3) is 0 Å². The molecule has 1 saturated carbocycles. The molecule has 5 heteroatoms. The van der Waals surface area contributed by atoms with Gasteiger partial charge in [0, 0.05) is 18.8 Å². The number of thiocarbonyl (C=S) groups is 1. The number of pyridine rings is 1. The number of rotatable bonds is 5. The average molecular weight is 279 g/mol. The molecule has 0 unspecified atom stereocenters. The lowest BCUT2D eigenvalue weighted by Gasteiger charge is -2.36. The number of anilines is 1. The van der Waals surface area contributed by atoms with Crippen LogP contribution in [0.5, 0.6) is 0 Å². The third-order valence-electron chi connectivity index (χ3n) is 3.69. The molecule has 104 valence electrons. The first-order valence-electron chi connectivity index (χ1n) is 6.86. The van der Waals surface area contributed by atoms with Crippen molar-refractivity contribution in [3.05, 3.63) is 24.0 Å². The van der Waals surface area contributed by atoms with Gasteiger partial charge in [0.15, 0.2) is 0 Å². The van der Waals surface area contributed by atoms with Gasteiger partial charge >= 0.3 is 0 Å². The Labute approximate surface area is 119 Å². The minimum absolute atomic E-state index is 0.127. The molecule has 0 spiro atoms. The summed E-state index contributed by atoms with van der Waals surface area (Å²) < 4.78 is 0. The highest BCUT2D eigenvalue weighted by atomic mass is 32.1. The van der Waals surface area contributed by atoms with E-state index in [0.29, 0.717) is 23.3 Å². The van der Waals surface area contributed by atoms with Gasteiger partial charge in [-0.2, -0.15) is 0 Å². The van der Waals surface area contributed by atoms with Gasteiger partial charge in [-0.15, -0.1) is 0 Å². The van der Waals surface area contributed by atoms with Gasteiger partial charge in [-0.3, -0.25) is 4.98 Å². The van der Waals surface area contributed by atoms with Crippen molar-refractivity contribution in [3.63, 3.8) is 0 Å². The van der Waals surface area contributed by atoms with Crippen molar-refractivity contribution < 1.29 is 5.11 Å². The average Bonchev–Trinajstić information content (AvgIpc) is 2.45. The van der Waals surface area contributed by atoms with Crippen molar-refractivity contribution in [3.8, 4) is 0 Å². The Hall–Kier alpha value is -1.20. The summed E-state index contributed by atoms with van der Waals surface area (Å²) in [6, 6.07) is 4.34. The number of hydrogen-bond donors (Lipinski definition) is 2. The fourth-order valence-electron chi connectivity index (χ4n) is 2.82. The van der Waals surface area contributed by atoms with E-state index in [1.807, 2.05) is 12.1 Å². The van der Waals surface area contributed by atoms with Crippen LogP contribution in [0.25, 0.3) is 0 Å². The highest BCUT2D eigenvalue weighted by Crippen LogP contribution is 2.28. The molecule has 2 rings (SSSR count). The van der Waals surface area contributed by atoms with Crippen LogP contribution in [0.15, 0.2) is 18.3 Å². The normalized spacial score (nSPS) is 16.3. The van der Waals surface area contributed by atoms with Crippen LogP contribution in [0.2, 0.25) is 0 Å². The van der Waals surface area contributed by atoms with E-state index in [9.17, 15) is 5.11 Å². The predicted molar refractivity (Wildman–Crippen MR) is 81.4 cm³/mol. The highest BCUT2D eigenvalue weighted by molar-refractivity contribution is 7.80. The molecule has 0 aromatic carbocycles. The maximum Gasteiger partial charge on any atom is 0.124 e. The van der Waals surface area contributed by atoms with Gasteiger partial charge in [0.05, 0.1) is 12.3 Å². The monoisotopic (exact) mass is 279 g/mol. The van der Waals surface area contributed by atoms with Gasteiger partial charge in [-0.25, -0.2) is 0 Å². The van der Waals surface area contributed by atoms with Crippen molar-refractivity contribution in [2.45, 2.75) is 38.1 Å². The molecule has 1 aliphatic carbocycles. The first kappa shape index (κ1) is 14.2. The summed E-state index contributed by atoms with van der Waals surface area (Å²) in [4.78, 5) is 6.82. The van der Waals surface area contributed by atoms with Crippen molar-refractivity contribution in [2.75, 3.05) is 18.1 Å². The summed E-state index contributed by atoms with van der Waals surface area (Å²) in [6.07, 6.45) is 7.82. The van der Waals surface area contributed by atoms with Gasteiger partial charge < -0.3 is 15.7 Å². The van der Waals surface area contributed by atoms with E-state index < -0.39 is 0 Å². The van der Waals surface area contributed by atoms with Gasteiger partial charge in [-0.1, -0.05) is 31.5 Å². The van der Waals surface area contributed by atoms with Crippen LogP contribution in [0.1, 0.15) is 37.8 Å². The van der Waals surface area contributed by atoms with E-state index in [1.165, 1.54) is 19.3 Å². The summed E-state index contributed by atoms with van der Waals surface area (Å²) in [6.45, 7) is 0.730. The Balaban J connectivity index is 2.29. The molecule has 1 fully saturated rings. The van der Waals surface area contributed by atoms with Crippen LogP contribution in [-0.2, 0) is 0 Å². The molecule has 4 nitrogen and oxygen atoms in total. The maximum absolute atomic E-state index is 9.33. The molecular formula is C14H21N3OS. The molecule has 0 saturated heterocycles.